The standard InChI is InChI=1S/C31H25N3O5/c1-20(22-9-12-28(13-10-22)34(38)39)32-30(35)26-11-14-29-25(18-26)15-16-33(29)19-21-5-7-23(8-6-21)24-3-2-4-27(17-24)31(36)37/h2-18,20H,19H2,1H3,(H,32,35)(H,36,37). The van der Waals surface area contributed by atoms with Gasteiger partial charge in [-0.05, 0) is 65.6 Å². The van der Waals surface area contributed by atoms with Gasteiger partial charge in [-0.1, -0.05) is 48.5 Å². The predicted molar refractivity (Wildman–Crippen MR) is 149 cm³/mol. The zero-order valence-corrected chi connectivity index (χ0v) is 21.1. The SMILES string of the molecule is CC(NC(=O)c1ccc2c(ccn2Cc2ccc(-c3cccc(C(=O)O)c3)cc2)c1)c1ccc([N+](=O)[O-])cc1. The molecule has 0 radical (unpaired) electrons. The number of amides is 1. The summed E-state index contributed by atoms with van der Waals surface area (Å²) in [6, 6.07) is 28.2. The number of carboxylic acids is 1. The van der Waals surface area contributed by atoms with Crippen LogP contribution in [0.1, 0.15) is 44.8 Å². The molecule has 39 heavy (non-hydrogen) atoms. The van der Waals surface area contributed by atoms with Crippen molar-refractivity contribution in [3.63, 3.8) is 0 Å². The van der Waals surface area contributed by atoms with E-state index in [1.54, 1.807) is 36.4 Å². The summed E-state index contributed by atoms with van der Waals surface area (Å²) in [6.07, 6.45) is 1.98. The number of carbonyl (C=O) groups is 2. The fourth-order valence-corrected chi connectivity index (χ4v) is 4.56. The summed E-state index contributed by atoms with van der Waals surface area (Å²) in [5.41, 5.74) is 5.44. The van der Waals surface area contributed by atoms with Crippen LogP contribution in [0.2, 0.25) is 0 Å². The molecule has 0 bridgehead atoms. The number of fused-ring (bicyclic) bond motifs is 1. The lowest BCUT2D eigenvalue weighted by molar-refractivity contribution is -0.384. The molecule has 5 aromatic rings. The minimum atomic E-state index is -0.951. The van der Waals surface area contributed by atoms with Crippen LogP contribution in [0.3, 0.4) is 0 Å². The number of nitrogens with zero attached hydrogens (tertiary/aromatic N) is 2. The van der Waals surface area contributed by atoms with Crippen LogP contribution in [0.15, 0.2) is 103 Å². The zero-order valence-electron chi connectivity index (χ0n) is 21.1. The summed E-state index contributed by atoms with van der Waals surface area (Å²) in [6.45, 7) is 2.48. The van der Waals surface area contributed by atoms with E-state index < -0.39 is 10.9 Å². The van der Waals surface area contributed by atoms with E-state index >= 15 is 0 Å². The highest BCUT2D eigenvalue weighted by Crippen LogP contribution is 2.24. The van der Waals surface area contributed by atoms with Gasteiger partial charge < -0.3 is 15.0 Å². The molecular weight excluding hydrogens is 494 g/mol. The first kappa shape index (κ1) is 25.4. The van der Waals surface area contributed by atoms with Crippen molar-refractivity contribution in [1.82, 2.24) is 9.88 Å². The lowest BCUT2D eigenvalue weighted by Crippen LogP contribution is -2.26. The third kappa shape index (κ3) is 5.55. The number of aromatic carboxylic acids is 1. The second-order valence-electron chi connectivity index (χ2n) is 9.34. The highest BCUT2D eigenvalue weighted by Gasteiger charge is 2.14. The maximum atomic E-state index is 12.9. The van der Waals surface area contributed by atoms with Gasteiger partial charge in [-0.25, -0.2) is 4.79 Å². The van der Waals surface area contributed by atoms with Gasteiger partial charge in [0, 0.05) is 41.3 Å². The zero-order chi connectivity index (χ0) is 27.5. The Kier molecular flexibility index (Phi) is 6.93. The Morgan fingerprint density at radius 3 is 2.33 bits per heavy atom. The Bertz CT molecular complexity index is 1690. The van der Waals surface area contributed by atoms with Crippen LogP contribution in [0.5, 0.6) is 0 Å². The normalized spacial score (nSPS) is 11.7. The van der Waals surface area contributed by atoms with Gasteiger partial charge in [0.15, 0.2) is 0 Å². The first-order chi connectivity index (χ1) is 18.8. The molecular formula is C31H25N3O5. The van der Waals surface area contributed by atoms with Crippen LogP contribution in [0.4, 0.5) is 5.69 Å². The molecule has 0 spiro atoms. The molecule has 1 heterocycles. The van der Waals surface area contributed by atoms with E-state index in [1.807, 2.05) is 61.7 Å². The van der Waals surface area contributed by atoms with E-state index in [9.17, 15) is 24.8 Å². The van der Waals surface area contributed by atoms with Gasteiger partial charge in [0.25, 0.3) is 11.6 Å². The van der Waals surface area contributed by atoms with E-state index in [0.717, 1.165) is 33.2 Å². The quantitative estimate of drug-likeness (QED) is 0.181. The largest absolute Gasteiger partial charge is 0.478 e. The monoisotopic (exact) mass is 519 g/mol. The lowest BCUT2D eigenvalue weighted by atomic mass is 10.0. The van der Waals surface area contributed by atoms with Gasteiger partial charge in [-0.3, -0.25) is 14.9 Å². The van der Waals surface area contributed by atoms with Crippen LogP contribution < -0.4 is 5.32 Å². The average Bonchev–Trinajstić information content (AvgIpc) is 3.35. The van der Waals surface area contributed by atoms with Crippen molar-refractivity contribution in [2.45, 2.75) is 19.5 Å². The summed E-state index contributed by atoms with van der Waals surface area (Å²) < 4.78 is 2.11. The Labute approximate surface area is 224 Å². The number of nitro groups is 1. The predicted octanol–water partition coefficient (Wildman–Crippen LogP) is 6.45. The van der Waals surface area contributed by atoms with Crippen LogP contribution in [0, 0.1) is 10.1 Å². The maximum absolute atomic E-state index is 12.9. The molecule has 5 rings (SSSR count). The van der Waals surface area contributed by atoms with Crippen molar-refractivity contribution in [2.24, 2.45) is 0 Å². The number of nitro benzene ring substituents is 1. The first-order valence-electron chi connectivity index (χ1n) is 12.4. The molecule has 0 saturated heterocycles. The molecule has 0 saturated carbocycles. The van der Waals surface area contributed by atoms with Crippen LogP contribution >= 0.6 is 0 Å². The number of carboxylic acid groups (broad SMARTS) is 1. The molecule has 1 aromatic heterocycles. The van der Waals surface area contributed by atoms with Crippen molar-refractivity contribution in [3.05, 3.63) is 136 Å². The molecule has 0 aliphatic carbocycles. The molecule has 0 aliphatic heterocycles. The number of hydrogen-bond acceptors (Lipinski definition) is 4. The molecule has 194 valence electrons. The summed E-state index contributed by atoms with van der Waals surface area (Å²) in [4.78, 5) is 34.6. The maximum Gasteiger partial charge on any atom is 0.335 e. The fourth-order valence-electron chi connectivity index (χ4n) is 4.56. The Morgan fingerprint density at radius 2 is 1.64 bits per heavy atom. The lowest BCUT2D eigenvalue weighted by Gasteiger charge is -2.14. The molecule has 8 heteroatoms. The van der Waals surface area contributed by atoms with Crippen LogP contribution in [-0.2, 0) is 6.54 Å². The van der Waals surface area contributed by atoms with Gasteiger partial charge in [-0.2, -0.15) is 0 Å². The van der Waals surface area contributed by atoms with Crippen LogP contribution in [0.25, 0.3) is 22.0 Å². The average molecular weight is 520 g/mol. The van der Waals surface area contributed by atoms with Crippen molar-refractivity contribution >= 4 is 28.5 Å². The van der Waals surface area contributed by atoms with Gasteiger partial charge in [-0.15, -0.1) is 0 Å². The van der Waals surface area contributed by atoms with Gasteiger partial charge in [0.2, 0.25) is 0 Å². The Balaban J connectivity index is 1.27. The van der Waals surface area contributed by atoms with E-state index in [0.29, 0.717) is 12.1 Å². The summed E-state index contributed by atoms with van der Waals surface area (Å²) in [5, 5.41) is 24.0. The van der Waals surface area contributed by atoms with E-state index in [2.05, 4.69) is 9.88 Å². The topological polar surface area (TPSA) is 114 Å². The molecule has 4 aromatic carbocycles. The summed E-state index contributed by atoms with van der Waals surface area (Å²) >= 11 is 0. The Hall–Kier alpha value is -5.24. The van der Waals surface area contributed by atoms with Gasteiger partial charge >= 0.3 is 5.97 Å². The second-order valence-corrected chi connectivity index (χ2v) is 9.34. The molecule has 0 fully saturated rings. The number of nitrogens with one attached hydrogen (secondary N) is 1. The minimum Gasteiger partial charge on any atom is -0.478 e. The number of benzene rings is 4. The van der Waals surface area contributed by atoms with Gasteiger partial charge in [0.1, 0.15) is 0 Å². The Morgan fingerprint density at radius 1 is 0.897 bits per heavy atom. The van der Waals surface area contributed by atoms with Crippen molar-refractivity contribution < 1.29 is 19.6 Å². The number of aromatic nitrogens is 1. The molecule has 1 amide bonds. The van der Waals surface area contributed by atoms with Crippen molar-refractivity contribution in [1.29, 1.82) is 0 Å². The highest BCUT2D eigenvalue weighted by molar-refractivity contribution is 5.98. The first-order valence-corrected chi connectivity index (χ1v) is 12.4. The number of non-ortho nitro benzene ring substituents is 1. The molecule has 0 aliphatic rings. The fraction of sp³-hybridized carbons (Fsp3) is 0.0968. The smallest absolute Gasteiger partial charge is 0.335 e. The highest BCUT2D eigenvalue weighted by atomic mass is 16.6. The minimum absolute atomic E-state index is 0.00806. The molecule has 1 atom stereocenters. The molecule has 2 N–H and O–H groups in total. The number of hydrogen-bond donors (Lipinski definition) is 2. The van der Waals surface area contributed by atoms with E-state index in [1.165, 1.54) is 12.1 Å². The van der Waals surface area contributed by atoms with Crippen molar-refractivity contribution in [3.8, 4) is 11.1 Å². The van der Waals surface area contributed by atoms with Crippen LogP contribution in [-0.4, -0.2) is 26.5 Å². The van der Waals surface area contributed by atoms with Crippen molar-refractivity contribution in [2.75, 3.05) is 0 Å². The third-order valence-electron chi connectivity index (χ3n) is 6.73. The molecule has 1 unspecified atom stereocenters. The van der Waals surface area contributed by atoms with Gasteiger partial charge in [0.05, 0.1) is 16.5 Å². The third-order valence-corrected chi connectivity index (χ3v) is 6.73. The summed E-state index contributed by atoms with van der Waals surface area (Å²) in [7, 11) is 0. The number of rotatable bonds is 8. The van der Waals surface area contributed by atoms with E-state index in [4.69, 9.17) is 0 Å². The van der Waals surface area contributed by atoms with E-state index in [-0.39, 0.29) is 23.2 Å². The number of carbonyl (C=O) groups excluding carboxylic acids is 1. The molecule has 8 nitrogen and oxygen atoms in total. The summed E-state index contributed by atoms with van der Waals surface area (Å²) in [5.74, 6) is -1.18. The second kappa shape index (κ2) is 10.6.